The molecule has 1 aliphatic heterocycles. The number of rotatable bonds is 1. The fraction of sp³-hybridized carbons (Fsp3) is 0.333. The molecule has 0 fully saturated rings. The van der Waals surface area contributed by atoms with Gasteiger partial charge in [0.15, 0.2) is 0 Å². The number of carbonyl (C=O) groups is 1. The minimum absolute atomic E-state index is 0.158. The largest absolute Gasteiger partial charge is 0.477 e. The quantitative estimate of drug-likeness (QED) is 0.778. The first-order valence-corrected chi connectivity index (χ1v) is 6.62. The Labute approximate surface area is 115 Å². The Bertz CT molecular complexity index is 805. The highest BCUT2D eigenvalue weighted by molar-refractivity contribution is 5.99. The van der Waals surface area contributed by atoms with Crippen molar-refractivity contribution in [1.82, 2.24) is 4.57 Å². The number of benzene rings is 1. The standard InChI is InChI=1S/C15H16N2O3/c1-7-5-9-4-3-8(2)17-6-10(15(19)20)14(18)11(12(7)16)13(9)17/h5-6,8H,3-4,16H2,1-2H3,(H,19,20). The second-order valence-corrected chi connectivity index (χ2v) is 5.46. The van der Waals surface area contributed by atoms with Crippen LogP contribution in [0, 0.1) is 6.92 Å². The summed E-state index contributed by atoms with van der Waals surface area (Å²) in [6.45, 7) is 3.87. The van der Waals surface area contributed by atoms with E-state index in [1.54, 1.807) is 0 Å². The average molecular weight is 272 g/mol. The molecular formula is C15H16N2O3. The number of carboxylic acid groups (broad SMARTS) is 1. The minimum Gasteiger partial charge on any atom is -0.477 e. The second-order valence-electron chi connectivity index (χ2n) is 5.46. The van der Waals surface area contributed by atoms with Crippen molar-refractivity contribution in [1.29, 1.82) is 0 Å². The van der Waals surface area contributed by atoms with Crippen molar-refractivity contribution in [2.75, 3.05) is 5.73 Å². The van der Waals surface area contributed by atoms with Crippen LogP contribution in [0.15, 0.2) is 17.1 Å². The molecule has 0 radical (unpaired) electrons. The number of nitrogens with zero attached hydrogens (tertiary/aromatic N) is 1. The summed E-state index contributed by atoms with van der Waals surface area (Å²) < 4.78 is 1.88. The van der Waals surface area contributed by atoms with E-state index in [0.717, 1.165) is 29.5 Å². The van der Waals surface area contributed by atoms with E-state index in [4.69, 9.17) is 5.73 Å². The van der Waals surface area contributed by atoms with Crippen LogP contribution in [0.1, 0.15) is 40.9 Å². The van der Waals surface area contributed by atoms with Gasteiger partial charge in [-0.2, -0.15) is 0 Å². The molecule has 104 valence electrons. The Morgan fingerprint density at radius 2 is 2.20 bits per heavy atom. The lowest BCUT2D eigenvalue weighted by molar-refractivity contribution is 0.0694. The zero-order valence-electron chi connectivity index (χ0n) is 11.4. The second kappa shape index (κ2) is 4.10. The molecule has 20 heavy (non-hydrogen) atoms. The van der Waals surface area contributed by atoms with Crippen molar-refractivity contribution in [3.63, 3.8) is 0 Å². The van der Waals surface area contributed by atoms with Crippen LogP contribution in [0.4, 0.5) is 5.69 Å². The first kappa shape index (κ1) is 12.7. The molecule has 0 bridgehead atoms. The van der Waals surface area contributed by atoms with Gasteiger partial charge in [0, 0.05) is 17.9 Å². The molecule has 1 aromatic carbocycles. The number of anilines is 1. The van der Waals surface area contributed by atoms with Gasteiger partial charge >= 0.3 is 5.97 Å². The number of hydrogen-bond donors (Lipinski definition) is 2. The predicted molar refractivity (Wildman–Crippen MR) is 77.3 cm³/mol. The van der Waals surface area contributed by atoms with E-state index in [9.17, 15) is 14.7 Å². The summed E-state index contributed by atoms with van der Waals surface area (Å²) in [5, 5.41) is 9.58. The summed E-state index contributed by atoms with van der Waals surface area (Å²) in [6.07, 6.45) is 3.26. The van der Waals surface area contributed by atoms with Gasteiger partial charge in [-0.25, -0.2) is 4.79 Å². The molecule has 0 saturated carbocycles. The maximum atomic E-state index is 12.4. The molecule has 3 N–H and O–H groups in total. The van der Waals surface area contributed by atoms with Crippen molar-refractivity contribution < 1.29 is 9.90 Å². The minimum atomic E-state index is -1.21. The number of carboxylic acids is 1. The van der Waals surface area contributed by atoms with E-state index in [0.29, 0.717) is 11.1 Å². The molecule has 5 nitrogen and oxygen atoms in total. The highest BCUT2D eigenvalue weighted by Gasteiger charge is 2.24. The average Bonchev–Trinajstić information content (AvgIpc) is 2.39. The predicted octanol–water partition coefficient (Wildman–Crippen LogP) is 2.10. The molecule has 0 spiro atoms. The Morgan fingerprint density at radius 3 is 2.85 bits per heavy atom. The lowest BCUT2D eigenvalue weighted by Crippen LogP contribution is -2.24. The van der Waals surface area contributed by atoms with E-state index >= 15 is 0 Å². The molecule has 1 unspecified atom stereocenters. The third kappa shape index (κ3) is 1.56. The van der Waals surface area contributed by atoms with Gasteiger partial charge < -0.3 is 15.4 Å². The summed E-state index contributed by atoms with van der Waals surface area (Å²) in [4.78, 5) is 23.7. The van der Waals surface area contributed by atoms with Crippen LogP contribution in [-0.4, -0.2) is 15.6 Å². The maximum absolute atomic E-state index is 12.4. The third-order valence-corrected chi connectivity index (χ3v) is 4.16. The number of aromatic carboxylic acids is 1. The fourth-order valence-electron chi connectivity index (χ4n) is 3.01. The van der Waals surface area contributed by atoms with Crippen LogP contribution in [0.2, 0.25) is 0 Å². The molecule has 1 aliphatic rings. The number of aryl methyl sites for hydroxylation is 2. The Kier molecular flexibility index (Phi) is 2.61. The van der Waals surface area contributed by atoms with Crippen LogP contribution in [-0.2, 0) is 6.42 Å². The van der Waals surface area contributed by atoms with E-state index in [1.807, 2.05) is 24.5 Å². The maximum Gasteiger partial charge on any atom is 0.341 e. The number of aromatic nitrogens is 1. The van der Waals surface area contributed by atoms with Crippen molar-refractivity contribution in [2.24, 2.45) is 0 Å². The highest BCUT2D eigenvalue weighted by Crippen LogP contribution is 2.34. The molecule has 2 heterocycles. The molecule has 5 heteroatoms. The van der Waals surface area contributed by atoms with Gasteiger partial charge in [-0.15, -0.1) is 0 Å². The van der Waals surface area contributed by atoms with Gasteiger partial charge in [0.05, 0.1) is 10.9 Å². The van der Waals surface area contributed by atoms with Gasteiger partial charge in [0.25, 0.3) is 0 Å². The van der Waals surface area contributed by atoms with Crippen LogP contribution < -0.4 is 11.2 Å². The molecule has 2 aromatic rings. The molecule has 1 aromatic heterocycles. The van der Waals surface area contributed by atoms with Gasteiger partial charge in [-0.3, -0.25) is 4.79 Å². The lowest BCUT2D eigenvalue weighted by Gasteiger charge is -2.27. The Morgan fingerprint density at radius 1 is 1.50 bits per heavy atom. The van der Waals surface area contributed by atoms with Gasteiger partial charge in [-0.05, 0) is 37.8 Å². The normalized spacial score (nSPS) is 17.4. The molecule has 1 atom stereocenters. The topological polar surface area (TPSA) is 85.3 Å². The van der Waals surface area contributed by atoms with Gasteiger partial charge in [0.1, 0.15) is 5.56 Å². The van der Waals surface area contributed by atoms with Crippen LogP contribution in [0.5, 0.6) is 0 Å². The van der Waals surface area contributed by atoms with Gasteiger partial charge in [-0.1, -0.05) is 6.07 Å². The summed E-state index contributed by atoms with van der Waals surface area (Å²) >= 11 is 0. The summed E-state index contributed by atoms with van der Waals surface area (Å²) in [5.74, 6) is -1.21. The molecule has 3 rings (SSSR count). The SMILES string of the molecule is Cc1cc2c3c(c1N)c(=O)c(C(=O)O)cn3C(C)CC2. The fourth-order valence-corrected chi connectivity index (χ4v) is 3.01. The summed E-state index contributed by atoms with van der Waals surface area (Å²) in [5.41, 5.74) is 8.42. The zero-order valence-corrected chi connectivity index (χ0v) is 11.4. The number of nitrogens with two attached hydrogens (primary N) is 1. The van der Waals surface area contributed by atoms with E-state index < -0.39 is 11.4 Å². The molecule has 0 saturated heterocycles. The zero-order chi connectivity index (χ0) is 14.6. The van der Waals surface area contributed by atoms with Crippen molar-refractivity contribution >= 4 is 22.6 Å². The molecular weight excluding hydrogens is 256 g/mol. The summed E-state index contributed by atoms with van der Waals surface area (Å²) in [6, 6.07) is 2.16. The number of pyridine rings is 1. The van der Waals surface area contributed by atoms with Crippen LogP contribution in [0.3, 0.4) is 0 Å². The number of nitrogen functional groups attached to an aromatic ring is 1. The van der Waals surface area contributed by atoms with E-state index in [2.05, 4.69) is 0 Å². The lowest BCUT2D eigenvalue weighted by atomic mass is 9.93. The monoisotopic (exact) mass is 272 g/mol. The van der Waals surface area contributed by atoms with Crippen molar-refractivity contribution in [3.8, 4) is 0 Å². The van der Waals surface area contributed by atoms with Crippen molar-refractivity contribution in [2.45, 2.75) is 32.7 Å². The molecule has 0 aliphatic carbocycles. The van der Waals surface area contributed by atoms with E-state index in [1.165, 1.54) is 6.20 Å². The van der Waals surface area contributed by atoms with Crippen molar-refractivity contribution in [3.05, 3.63) is 39.2 Å². The van der Waals surface area contributed by atoms with Crippen LogP contribution >= 0.6 is 0 Å². The van der Waals surface area contributed by atoms with Gasteiger partial charge in [0.2, 0.25) is 5.43 Å². The number of hydrogen-bond acceptors (Lipinski definition) is 3. The smallest absolute Gasteiger partial charge is 0.341 e. The Hall–Kier alpha value is -2.30. The first-order valence-electron chi connectivity index (χ1n) is 6.62. The highest BCUT2D eigenvalue weighted by atomic mass is 16.4. The van der Waals surface area contributed by atoms with Crippen LogP contribution in [0.25, 0.3) is 10.9 Å². The first-order chi connectivity index (χ1) is 9.41. The molecule has 0 amide bonds. The third-order valence-electron chi connectivity index (χ3n) is 4.16. The summed E-state index contributed by atoms with van der Waals surface area (Å²) in [7, 11) is 0. The van der Waals surface area contributed by atoms with E-state index in [-0.39, 0.29) is 11.6 Å². The Balaban J connectivity index is 2.60.